The Bertz CT molecular complexity index is 925. The monoisotopic (exact) mass is 363 g/mol. The van der Waals surface area contributed by atoms with Crippen molar-refractivity contribution in [3.63, 3.8) is 0 Å². The second-order valence-electron chi connectivity index (χ2n) is 6.34. The van der Waals surface area contributed by atoms with E-state index in [1.54, 1.807) is 19.1 Å². The van der Waals surface area contributed by atoms with Crippen LogP contribution in [0.2, 0.25) is 0 Å². The van der Waals surface area contributed by atoms with Crippen LogP contribution in [0.5, 0.6) is 0 Å². The molecule has 2 atom stereocenters. The summed E-state index contributed by atoms with van der Waals surface area (Å²) in [6, 6.07) is 7.75. The predicted molar refractivity (Wildman–Crippen MR) is 92.1 cm³/mol. The van der Waals surface area contributed by atoms with Crippen molar-refractivity contribution < 1.29 is 13.9 Å². The van der Waals surface area contributed by atoms with Gasteiger partial charge in [-0.3, -0.25) is 0 Å². The number of carbonyl (C=O) groups excluding carboxylic acids is 1. The molecule has 2 heterocycles. The molecule has 8 heteroatoms. The Kier molecular flexibility index (Phi) is 4.62. The number of hydrogen-bond acceptors (Lipinski definition) is 7. The molecule has 0 bridgehead atoms. The van der Waals surface area contributed by atoms with Gasteiger partial charge in [0.25, 0.3) is 0 Å². The zero-order valence-corrected chi connectivity index (χ0v) is 14.7. The van der Waals surface area contributed by atoms with Crippen LogP contribution in [0, 0.1) is 45.3 Å². The van der Waals surface area contributed by atoms with Gasteiger partial charge >= 0.3 is 6.09 Å². The Hall–Kier alpha value is -3.70. The number of carbonyl (C=O) groups is 1. The van der Waals surface area contributed by atoms with Crippen molar-refractivity contribution in [3.05, 3.63) is 47.1 Å². The van der Waals surface area contributed by atoms with E-state index in [0.29, 0.717) is 11.1 Å². The third-order valence-electron chi connectivity index (χ3n) is 5.09. The van der Waals surface area contributed by atoms with Gasteiger partial charge < -0.3 is 19.8 Å². The van der Waals surface area contributed by atoms with Crippen LogP contribution in [-0.4, -0.2) is 30.7 Å². The van der Waals surface area contributed by atoms with Gasteiger partial charge in [-0.15, -0.1) is 0 Å². The second kappa shape index (κ2) is 6.90. The third-order valence-corrected chi connectivity index (χ3v) is 5.09. The average molecular weight is 363 g/mol. The largest absolute Gasteiger partial charge is 0.472 e. The molecule has 0 aromatic carbocycles. The van der Waals surface area contributed by atoms with Crippen molar-refractivity contribution in [3.8, 4) is 18.2 Å². The van der Waals surface area contributed by atoms with Crippen LogP contribution in [0.3, 0.4) is 0 Å². The molecule has 0 saturated heterocycles. The SMILES string of the molecule is CCOC(=O)N1CC=C2C(C#N)=C(N)C(C#N)(C#N)C(c3ccoc3)C2C1. The normalized spacial score (nSPS) is 23.3. The highest BCUT2D eigenvalue weighted by molar-refractivity contribution is 5.69. The van der Waals surface area contributed by atoms with E-state index in [0.717, 1.165) is 0 Å². The number of rotatable bonds is 2. The molecule has 2 unspecified atom stereocenters. The first-order valence-corrected chi connectivity index (χ1v) is 8.41. The van der Waals surface area contributed by atoms with E-state index in [9.17, 15) is 20.6 Å². The summed E-state index contributed by atoms with van der Waals surface area (Å²) in [6.07, 6.45) is 4.16. The van der Waals surface area contributed by atoms with Crippen LogP contribution in [0.4, 0.5) is 4.79 Å². The molecule has 1 aromatic heterocycles. The summed E-state index contributed by atoms with van der Waals surface area (Å²) in [5.41, 5.74) is 5.75. The molecule has 27 heavy (non-hydrogen) atoms. The van der Waals surface area contributed by atoms with E-state index in [1.807, 2.05) is 18.2 Å². The molecule has 3 rings (SSSR count). The van der Waals surface area contributed by atoms with Crippen LogP contribution >= 0.6 is 0 Å². The molecule has 0 fully saturated rings. The van der Waals surface area contributed by atoms with Crippen LogP contribution in [0.1, 0.15) is 18.4 Å². The third kappa shape index (κ3) is 2.61. The smallest absolute Gasteiger partial charge is 0.410 e. The van der Waals surface area contributed by atoms with Crippen molar-refractivity contribution in [2.24, 2.45) is 17.1 Å². The minimum absolute atomic E-state index is 0.0618. The fourth-order valence-corrected chi connectivity index (χ4v) is 3.87. The number of fused-ring (bicyclic) bond motifs is 1. The lowest BCUT2D eigenvalue weighted by atomic mass is 9.58. The Morgan fingerprint density at radius 3 is 2.74 bits per heavy atom. The predicted octanol–water partition coefficient (Wildman–Crippen LogP) is 2.16. The molecule has 1 aromatic rings. The second-order valence-corrected chi connectivity index (χ2v) is 6.34. The number of nitrogens with two attached hydrogens (primary N) is 1. The van der Waals surface area contributed by atoms with E-state index in [2.05, 4.69) is 0 Å². The molecule has 136 valence electrons. The van der Waals surface area contributed by atoms with Crippen molar-refractivity contribution in [2.75, 3.05) is 19.7 Å². The van der Waals surface area contributed by atoms with Crippen LogP contribution in [-0.2, 0) is 4.74 Å². The van der Waals surface area contributed by atoms with E-state index in [1.165, 1.54) is 17.4 Å². The van der Waals surface area contributed by atoms with Crippen molar-refractivity contribution >= 4 is 6.09 Å². The van der Waals surface area contributed by atoms with Gasteiger partial charge in [0.2, 0.25) is 0 Å². The molecule has 1 amide bonds. The lowest BCUT2D eigenvalue weighted by Gasteiger charge is -2.44. The summed E-state index contributed by atoms with van der Waals surface area (Å²) in [7, 11) is 0. The van der Waals surface area contributed by atoms with Gasteiger partial charge in [0.1, 0.15) is 6.07 Å². The Labute approximate surface area is 156 Å². The zero-order chi connectivity index (χ0) is 19.6. The maximum absolute atomic E-state index is 12.2. The first-order valence-electron chi connectivity index (χ1n) is 8.41. The quantitative estimate of drug-likeness (QED) is 0.848. The highest BCUT2D eigenvalue weighted by atomic mass is 16.6. The van der Waals surface area contributed by atoms with E-state index >= 15 is 0 Å². The maximum Gasteiger partial charge on any atom is 0.410 e. The number of allylic oxidation sites excluding steroid dienone is 2. The Morgan fingerprint density at radius 1 is 1.44 bits per heavy atom. The van der Waals surface area contributed by atoms with Crippen molar-refractivity contribution in [1.82, 2.24) is 4.90 Å². The van der Waals surface area contributed by atoms with Crippen molar-refractivity contribution in [1.29, 1.82) is 15.8 Å². The van der Waals surface area contributed by atoms with Gasteiger partial charge in [-0.05, 0) is 24.1 Å². The van der Waals surface area contributed by atoms with Crippen LogP contribution in [0.25, 0.3) is 0 Å². The molecule has 1 aliphatic carbocycles. The zero-order valence-electron chi connectivity index (χ0n) is 14.7. The van der Waals surface area contributed by atoms with Gasteiger partial charge in [-0.25, -0.2) is 4.79 Å². The first-order chi connectivity index (χ1) is 13.0. The number of amides is 1. The molecule has 1 aliphatic heterocycles. The molecule has 8 nitrogen and oxygen atoms in total. The molecule has 2 N–H and O–H groups in total. The molecular formula is C19H17N5O3. The molecule has 0 radical (unpaired) electrons. The lowest BCUT2D eigenvalue weighted by Crippen LogP contribution is -2.49. The van der Waals surface area contributed by atoms with Crippen molar-refractivity contribution in [2.45, 2.75) is 12.8 Å². The van der Waals surface area contributed by atoms with Gasteiger partial charge in [-0.1, -0.05) is 6.08 Å². The summed E-state index contributed by atoms with van der Waals surface area (Å²) in [6.45, 7) is 2.40. The summed E-state index contributed by atoms with van der Waals surface area (Å²) >= 11 is 0. The lowest BCUT2D eigenvalue weighted by molar-refractivity contribution is 0.0999. The molecular weight excluding hydrogens is 346 g/mol. The summed E-state index contributed by atoms with van der Waals surface area (Å²) in [4.78, 5) is 13.7. The standard InChI is InChI=1S/C19H17N5O3/c1-2-27-18(25)24-5-3-13-14(7-20)17(23)19(10-21,11-22)16(15(13)8-24)12-4-6-26-9-12/h3-4,6,9,15-16H,2,5,8,23H2,1H3. The number of furan rings is 1. The number of nitriles is 3. The fraction of sp³-hybridized carbons (Fsp3) is 0.368. The summed E-state index contributed by atoms with van der Waals surface area (Å²) in [5, 5.41) is 29.4. The van der Waals surface area contributed by atoms with Gasteiger partial charge in [-0.2, -0.15) is 15.8 Å². The average Bonchev–Trinajstić information content (AvgIpc) is 3.21. The highest BCUT2D eigenvalue weighted by Crippen LogP contribution is 2.54. The molecule has 2 aliphatic rings. The summed E-state index contributed by atoms with van der Waals surface area (Å²) in [5.74, 6) is -1.16. The van der Waals surface area contributed by atoms with Gasteiger partial charge in [0, 0.05) is 24.9 Å². The molecule has 0 saturated carbocycles. The van der Waals surface area contributed by atoms with Crippen LogP contribution < -0.4 is 5.73 Å². The van der Waals surface area contributed by atoms with E-state index in [4.69, 9.17) is 14.9 Å². The van der Waals surface area contributed by atoms with E-state index in [-0.39, 0.29) is 31.0 Å². The maximum atomic E-state index is 12.2. The number of ether oxygens (including phenoxy) is 1. The van der Waals surface area contributed by atoms with Crippen LogP contribution in [0.15, 0.2) is 45.9 Å². The topological polar surface area (TPSA) is 140 Å². The minimum atomic E-state index is -1.74. The van der Waals surface area contributed by atoms with E-state index < -0.39 is 23.3 Å². The molecule has 0 spiro atoms. The Morgan fingerprint density at radius 2 is 2.19 bits per heavy atom. The van der Waals surface area contributed by atoms with Gasteiger partial charge in [0.15, 0.2) is 5.41 Å². The first kappa shape index (κ1) is 18.1. The number of hydrogen-bond donors (Lipinski definition) is 1. The summed E-state index contributed by atoms with van der Waals surface area (Å²) < 4.78 is 10.2. The van der Waals surface area contributed by atoms with Gasteiger partial charge in [0.05, 0.1) is 42.5 Å². The Balaban J connectivity index is 2.20. The number of nitrogens with zero attached hydrogens (tertiary/aromatic N) is 4. The minimum Gasteiger partial charge on any atom is -0.472 e. The fourth-order valence-electron chi connectivity index (χ4n) is 3.87. The highest BCUT2D eigenvalue weighted by Gasteiger charge is 2.55.